The Labute approximate surface area is 129 Å². The van der Waals surface area contributed by atoms with Crippen molar-refractivity contribution in [2.24, 2.45) is 0 Å². The first kappa shape index (κ1) is 19.7. The molecule has 120 valence electrons. The van der Waals surface area contributed by atoms with E-state index in [0.29, 0.717) is 0 Å². The first-order chi connectivity index (χ1) is 9.85. The summed E-state index contributed by atoms with van der Waals surface area (Å²) in [6.07, 6.45) is 23.8. The summed E-state index contributed by atoms with van der Waals surface area (Å²) in [5.41, 5.74) is 1.65. The summed E-state index contributed by atoms with van der Waals surface area (Å²) in [7, 11) is 0. The highest BCUT2D eigenvalue weighted by Gasteiger charge is 1.95. The molecule has 0 rings (SSSR count). The molecular formula is C20H40. The second-order valence-electron chi connectivity index (χ2n) is 6.29. The number of hydrogen-bond donors (Lipinski definition) is 0. The molecule has 0 amide bonds. The second-order valence-corrected chi connectivity index (χ2v) is 6.29. The van der Waals surface area contributed by atoms with E-state index in [9.17, 15) is 0 Å². The number of allylic oxidation sites excluding steroid dienone is 2. The molecule has 0 fully saturated rings. The Morgan fingerprint density at radius 2 is 1.00 bits per heavy atom. The second kappa shape index (κ2) is 16.8. The molecule has 0 aliphatic carbocycles. The highest BCUT2D eigenvalue weighted by atomic mass is 14.0. The van der Waals surface area contributed by atoms with Crippen LogP contribution in [0.25, 0.3) is 0 Å². The molecule has 0 radical (unpaired) electrons. The third-order valence-corrected chi connectivity index (χ3v) is 4.46. The van der Waals surface area contributed by atoms with Gasteiger partial charge in [0.2, 0.25) is 0 Å². The first-order valence-corrected chi connectivity index (χ1v) is 9.49. The molecule has 0 saturated carbocycles. The van der Waals surface area contributed by atoms with E-state index in [2.05, 4.69) is 26.8 Å². The minimum absolute atomic E-state index is 1.24. The predicted octanol–water partition coefficient (Wildman–Crippen LogP) is 7.82. The lowest BCUT2D eigenvalue weighted by molar-refractivity contribution is 0.538. The van der Waals surface area contributed by atoms with Crippen LogP contribution in [0.15, 0.2) is 11.6 Å². The lowest BCUT2D eigenvalue weighted by atomic mass is 10.0. The van der Waals surface area contributed by atoms with Crippen molar-refractivity contribution in [2.75, 3.05) is 0 Å². The van der Waals surface area contributed by atoms with Gasteiger partial charge in [0.05, 0.1) is 0 Å². The standard InChI is InChI=1S/C20H40/c1-4-7-8-9-10-11-12-13-14-15-16-17-18-19-20(5-2)6-3/h5H,4,6-19H2,1-3H3. The Kier molecular flexibility index (Phi) is 16.6. The summed E-state index contributed by atoms with van der Waals surface area (Å²) in [6.45, 7) is 6.75. The summed E-state index contributed by atoms with van der Waals surface area (Å²) >= 11 is 0. The molecule has 0 heterocycles. The Morgan fingerprint density at radius 3 is 1.35 bits per heavy atom. The molecule has 0 aliphatic rings. The van der Waals surface area contributed by atoms with Crippen molar-refractivity contribution in [1.29, 1.82) is 0 Å². The lowest BCUT2D eigenvalue weighted by Gasteiger charge is -2.04. The van der Waals surface area contributed by atoms with Crippen molar-refractivity contribution < 1.29 is 0 Å². The van der Waals surface area contributed by atoms with Crippen LogP contribution in [0.2, 0.25) is 0 Å². The quantitative estimate of drug-likeness (QED) is 0.212. The van der Waals surface area contributed by atoms with Crippen LogP contribution in [0.4, 0.5) is 0 Å². The van der Waals surface area contributed by atoms with Crippen LogP contribution in [0, 0.1) is 0 Å². The molecule has 0 spiro atoms. The molecule has 0 N–H and O–H groups in total. The summed E-state index contributed by atoms with van der Waals surface area (Å²) in [4.78, 5) is 0. The van der Waals surface area contributed by atoms with Crippen molar-refractivity contribution >= 4 is 0 Å². The van der Waals surface area contributed by atoms with Gasteiger partial charge < -0.3 is 0 Å². The molecule has 0 bridgehead atoms. The molecule has 0 aromatic carbocycles. The molecule has 0 nitrogen and oxygen atoms in total. The lowest BCUT2D eigenvalue weighted by Crippen LogP contribution is -1.85. The van der Waals surface area contributed by atoms with Crippen LogP contribution in [0.3, 0.4) is 0 Å². The van der Waals surface area contributed by atoms with Gasteiger partial charge >= 0.3 is 0 Å². The van der Waals surface area contributed by atoms with Crippen LogP contribution in [-0.2, 0) is 0 Å². The molecular weight excluding hydrogens is 240 g/mol. The van der Waals surface area contributed by atoms with Crippen LogP contribution in [-0.4, -0.2) is 0 Å². The van der Waals surface area contributed by atoms with E-state index in [1.807, 2.05) is 0 Å². The highest BCUT2D eigenvalue weighted by Crippen LogP contribution is 2.15. The predicted molar refractivity (Wildman–Crippen MR) is 94.4 cm³/mol. The molecule has 0 saturated heterocycles. The van der Waals surface area contributed by atoms with Gasteiger partial charge in [-0.3, -0.25) is 0 Å². The van der Waals surface area contributed by atoms with Crippen molar-refractivity contribution in [3.8, 4) is 0 Å². The van der Waals surface area contributed by atoms with Crippen molar-refractivity contribution in [1.82, 2.24) is 0 Å². The maximum Gasteiger partial charge on any atom is -0.0321 e. The average Bonchev–Trinajstić information content (AvgIpc) is 2.48. The van der Waals surface area contributed by atoms with Gasteiger partial charge in [-0.15, -0.1) is 0 Å². The molecule has 0 aromatic rings. The van der Waals surface area contributed by atoms with Gasteiger partial charge in [0.1, 0.15) is 0 Å². The van der Waals surface area contributed by atoms with E-state index in [-0.39, 0.29) is 0 Å². The maximum atomic E-state index is 2.31. The van der Waals surface area contributed by atoms with Crippen molar-refractivity contribution in [3.63, 3.8) is 0 Å². The monoisotopic (exact) mass is 280 g/mol. The Bertz CT molecular complexity index is 202. The van der Waals surface area contributed by atoms with Crippen LogP contribution >= 0.6 is 0 Å². The first-order valence-electron chi connectivity index (χ1n) is 9.49. The van der Waals surface area contributed by atoms with Crippen LogP contribution < -0.4 is 0 Å². The zero-order valence-corrected chi connectivity index (χ0v) is 14.7. The summed E-state index contributed by atoms with van der Waals surface area (Å²) in [6, 6.07) is 0. The van der Waals surface area contributed by atoms with Gasteiger partial charge in [0, 0.05) is 0 Å². The maximum absolute atomic E-state index is 2.31. The van der Waals surface area contributed by atoms with Gasteiger partial charge in [-0.25, -0.2) is 0 Å². The smallest absolute Gasteiger partial charge is 0.0321 e. The fourth-order valence-electron chi connectivity index (χ4n) is 2.90. The number of unbranched alkanes of at least 4 members (excludes halogenated alkanes) is 12. The Balaban J connectivity index is 3.06. The van der Waals surface area contributed by atoms with E-state index in [1.165, 1.54) is 96.3 Å². The fourth-order valence-corrected chi connectivity index (χ4v) is 2.90. The minimum atomic E-state index is 1.24. The average molecular weight is 281 g/mol. The molecule has 20 heavy (non-hydrogen) atoms. The summed E-state index contributed by atoms with van der Waals surface area (Å²) in [5, 5.41) is 0. The number of hydrogen-bond acceptors (Lipinski definition) is 0. The summed E-state index contributed by atoms with van der Waals surface area (Å²) in [5.74, 6) is 0. The minimum Gasteiger partial charge on any atom is -0.0885 e. The van der Waals surface area contributed by atoms with Gasteiger partial charge in [-0.05, 0) is 26.2 Å². The topological polar surface area (TPSA) is 0 Å². The van der Waals surface area contributed by atoms with E-state index >= 15 is 0 Å². The Morgan fingerprint density at radius 1 is 0.600 bits per heavy atom. The van der Waals surface area contributed by atoms with Gasteiger partial charge in [-0.2, -0.15) is 0 Å². The van der Waals surface area contributed by atoms with E-state index in [4.69, 9.17) is 0 Å². The molecule has 0 aromatic heterocycles. The van der Waals surface area contributed by atoms with Crippen molar-refractivity contribution in [3.05, 3.63) is 11.6 Å². The Hall–Kier alpha value is -0.260. The van der Waals surface area contributed by atoms with Gasteiger partial charge in [0.25, 0.3) is 0 Å². The number of rotatable bonds is 15. The zero-order valence-electron chi connectivity index (χ0n) is 14.7. The fraction of sp³-hybridized carbons (Fsp3) is 0.900. The van der Waals surface area contributed by atoms with Crippen molar-refractivity contribution in [2.45, 2.75) is 117 Å². The largest absolute Gasteiger partial charge is 0.0885 e. The molecule has 0 atom stereocenters. The third-order valence-electron chi connectivity index (χ3n) is 4.46. The normalized spacial score (nSPS) is 12.1. The zero-order chi connectivity index (χ0) is 14.9. The molecule has 0 heteroatoms. The molecule has 0 unspecified atom stereocenters. The van der Waals surface area contributed by atoms with E-state index in [1.54, 1.807) is 5.57 Å². The van der Waals surface area contributed by atoms with E-state index < -0.39 is 0 Å². The summed E-state index contributed by atoms with van der Waals surface area (Å²) < 4.78 is 0. The van der Waals surface area contributed by atoms with Gasteiger partial charge in [-0.1, -0.05) is 103 Å². The third kappa shape index (κ3) is 14.2. The van der Waals surface area contributed by atoms with Crippen LogP contribution in [0.5, 0.6) is 0 Å². The molecule has 0 aliphatic heterocycles. The van der Waals surface area contributed by atoms with Gasteiger partial charge in [0.15, 0.2) is 0 Å². The SMILES string of the molecule is CC=C(CC)CCCCCCCCCCCCCCC. The van der Waals surface area contributed by atoms with Crippen LogP contribution in [0.1, 0.15) is 117 Å². The van der Waals surface area contributed by atoms with E-state index in [0.717, 1.165) is 0 Å². The highest BCUT2D eigenvalue weighted by molar-refractivity contribution is 4.98.